The van der Waals surface area contributed by atoms with Crippen molar-refractivity contribution in [3.8, 4) is 0 Å². The SMILES string of the molecule is O=C(O)c1ccc(N2CCN(Cc3ccc(Cl)cc3)CC2)c([N+](=O)[O-])c1. The highest BCUT2D eigenvalue weighted by molar-refractivity contribution is 6.30. The van der Waals surface area contributed by atoms with Crippen LogP contribution in [0.25, 0.3) is 0 Å². The predicted molar refractivity (Wildman–Crippen MR) is 99.0 cm³/mol. The molecule has 1 N–H and O–H groups in total. The van der Waals surface area contributed by atoms with Gasteiger partial charge in [0.25, 0.3) is 5.69 Å². The third kappa shape index (κ3) is 4.12. The molecule has 3 rings (SSSR count). The van der Waals surface area contributed by atoms with Crippen LogP contribution in [0.1, 0.15) is 15.9 Å². The molecule has 7 nitrogen and oxygen atoms in total. The molecule has 1 aliphatic heterocycles. The molecule has 8 heteroatoms. The molecular formula is C18H18ClN3O4. The summed E-state index contributed by atoms with van der Waals surface area (Å²) in [5.74, 6) is -1.17. The second-order valence-corrected chi connectivity index (χ2v) is 6.59. The maximum Gasteiger partial charge on any atom is 0.335 e. The Balaban J connectivity index is 1.68. The fourth-order valence-corrected chi connectivity index (χ4v) is 3.19. The number of anilines is 1. The Morgan fingerprint density at radius 1 is 1.12 bits per heavy atom. The highest BCUT2D eigenvalue weighted by atomic mass is 35.5. The summed E-state index contributed by atoms with van der Waals surface area (Å²) >= 11 is 5.90. The van der Waals surface area contributed by atoms with E-state index in [1.54, 1.807) is 0 Å². The summed E-state index contributed by atoms with van der Waals surface area (Å²) in [6.07, 6.45) is 0. The summed E-state index contributed by atoms with van der Waals surface area (Å²) in [5, 5.41) is 21.1. The van der Waals surface area contributed by atoms with Gasteiger partial charge in [0.05, 0.1) is 10.5 Å². The molecule has 1 saturated heterocycles. The van der Waals surface area contributed by atoms with E-state index in [0.29, 0.717) is 23.8 Å². The van der Waals surface area contributed by atoms with Gasteiger partial charge in [0, 0.05) is 43.8 Å². The van der Waals surface area contributed by atoms with Gasteiger partial charge in [-0.3, -0.25) is 15.0 Å². The lowest BCUT2D eigenvalue weighted by Gasteiger charge is -2.35. The number of carboxylic acid groups (broad SMARTS) is 1. The lowest BCUT2D eigenvalue weighted by Crippen LogP contribution is -2.46. The van der Waals surface area contributed by atoms with E-state index in [4.69, 9.17) is 16.7 Å². The molecule has 0 aromatic heterocycles. The summed E-state index contributed by atoms with van der Waals surface area (Å²) in [5.41, 5.74) is 1.38. The molecule has 0 unspecified atom stereocenters. The molecule has 0 aliphatic carbocycles. The van der Waals surface area contributed by atoms with Crippen LogP contribution in [-0.4, -0.2) is 47.1 Å². The average molecular weight is 376 g/mol. The first-order valence-corrected chi connectivity index (χ1v) is 8.55. The molecule has 0 saturated carbocycles. The van der Waals surface area contributed by atoms with Crippen molar-refractivity contribution in [1.82, 2.24) is 4.90 Å². The summed E-state index contributed by atoms with van der Waals surface area (Å²) in [7, 11) is 0. The Hall–Kier alpha value is -2.64. The highest BCUT2D eigenvalue weighted by Gasteiger charge is 2.25. The fourth-order valence-electron chi connectivity index (χ4n) is 3.07. The van der Waals surface area contributed by atoms with Crippen molar-refractivity contribution in [1.29, 1.82) is 0 Å². The molecule has 1 heterocycles. The molecule has 2 aromatic rings. The summed E-state index contributed by atoms with van der Waals surface area (Å²) in [6, 6.07) is 11.8. The van der Waals surface area contributed by atoms with Gasteiger partial charge in [-0.25, -0.2) is 4.79 Å². The second kappa shape index (κ2) is 7.72. The van der Waals surface area contributed by atoms with Crippen LogP contribution >= 0.6 is 11.6 Å². The standard InChI is InChI=1S/C18H18ClN3O4/c19-15-4-1-13(2-5-15)12-20-7-9-21(10-8-20)16-6-3-14(18(23)24)11-17(16)22(25)26/h1-6,11H,7-10,12H2,(H,23,24). The van der Waals surface area contributed by atoms with Gasteiger partial charge in [-0.15, -0.1) is 0 Å². The van der Waals surface area contributed by atoms with E-state index in [1.165, 1.54) is 17.7 Å². The Bertz CT molecular complexity index is 818. The Kier molecular flexibility index (Phi) is 5.39. The van der Waals surface area contributed by atoms with Gasteiger partial charge in [0.15, 0.2) is 0 Å². The number of rotatable bonds is 5. The number of carbonyl (C=O) groups is 1. The molecule has 0 atom stereocenters. The van der Waals surface area contributed by atoms with E-state index in [2.05, 4.69) is 4.90 Å². The summed E-state index contributed by atoms with van der Waals surface area (Å²) in [4.78, 5) is 26.1. The van der Waals surface area contributed by atoms with Crippen LogP contribution in [0.4, 0.5) is 11.4 Å². The smallest absolute Gasteiger partial charge is 0.335 e. The van der Waals surface area contributed by atoms with Crippen molar-refractivity contribution in [2.45, 2.75) is 6.54 Å². The van der Waals surface area contributed by atoms with Gasteiger partial charge in [0.2, 0.25) is 0 Å². The second-order valence-electron chi connectivity index (χ2n) is 6.16. The van der Waals surface area contributed by atoms with Crippen LogP contribution in [0.2, 0.25) is 5.02 Å². The van der Waals surface area contributed by atoms with E-state index in [0.717, 1.165) is 25.7 Å². The highest BCUT2D eigenvalue weighted by Crippen LogP contribution is 2.30. The lowest BCUT2D eigenvalue weighted by molar-refractivity contribution is -0.384. The van der Waals surface area contributed by atoms with Crippen LogP contribution in [0, 0.1) is 10.1 Å². The van der Waals surface area contributed by atoms with Gasteiger partial charge >= 0.3 is 5.97 Å². The number of benzene rings is 2. The van der Waals surface area contributed by atoms with Crippen molar-refractivity contribution >= 4 is 28.9 Å². The van der Waals surface area contributed by atoms with Crippen molar-refractivity contribution < 1.29 is 14.8 Å². The summed E-state index contributed by atoms with van der Waals surface area (Å²) in [6.45, 7) is 3.60. The zero-order chi connectivity index (χ0) is 18.7. The maximum absolute atomic E-state index is 11.3. The van der Waals surface area contributed by atoms with Crippen molar-refractivity contribution in [2.24, 2.45) is 0 Å². The van der Waals surface area contributed by atoms with Gasteiger partial charge < -0.3 is 10.0 Å². The molecular weight excluding hydrogens is 358 g/mol. The number of nitrogens with zero attached hydrogens (tertiary/aromatic N) is 3. The largest absolute Gasteiger partial charge is 0.478 e. The van der Waals surface area contributed by atoms with Crippen LogP contribution in [0.3, 0.4) is 0 Å². The predicted octanol–water partition coefficient (Wildman–Crippen LogP) is 3.27. The number of halogens is 1. The molecule has 0 spiro atoms. The van der Waals surface area contributed by atoms with Crippen LogP contribution < -0.4 is 4.90 Å². The molecule has 2 aromatic carbocycles. The first kappa shape index (κ1) is 18.2. The third-order valence-corrected chi connectivity index (χ3v) is 4.70. The number of aromatic carboxylic acids is 1. The number of piperazine rings is 1. The van der Waals surface area contributed by atoms with E-state index >= 15 is 0 Å². The molecule has 0 bridgehead atoms. The van der Waals surface area contributed by atoms with E-state index in [1.807, 2.05) is 29.2 Å². The molecule has 1 aliphatic rings. The fraction of sp³-hybridized carbons (Fsp3) is 0.278. The van der Waals surface area contributed by atoms with E-state index in [9.17, 15) is 14.9 Å². The Morgan fingerprint density at radius 2 is 1.77 bits per heavy atom. The molecule has 0 radical (unpaired) electrons. The molecule has 1 fully saturated rings. The minimum atomic E-state index is -1.17. The number of nitro benzene ring substituents is 1. The zero-order valence-corrected chi connectivity index (χ0v) is 14.7. The number of nitro groups is 1. The zero-order valence-electron chi connectivity index (χ0n) is 14.0. The Morgan fingerprint density at radius 3 is 2.35 bits per heavy atom. The van der Waals surface area contributed by atoms with Crippen molar-refractivity contribution in [2.75, 3.05) is 31.1 Å². The van der Waals surface area contributed by atoms with Crippen LogP contribution in [-0.2, 0) is 6.54 Å². The first-order chi connectivity index (χ1) is 12.4. The average Bonchev–Trinajstić information content (AvgIpc) is 2.63. The number of hydrogen-bond donors (Lipinski definition) is 1. The molecule has 136 valence electrons. The van der Waals surface area contributed by atoms with Gasteiger partial charge in [-0.2, -0.15) is 0 Å². The lowest BCUT2D eigenvalue weighted by atomic mass is 10.1. The maximum atomic E-state index is 11.3. The Labute approximate surface area is 155 Å². The molecule has 26 heavy (non-hydrogen) atoms. The van der Waals surface area contributed by atoms with E-state index in [-0.39, 0.29) is 11.3 Å². The normalized spacial score (nSPS) is 15.0. The van der Waals surface area contributed by atoms with Gasteiger partial charge in [-0.05, 0) is 29.8 Å². The topological polar surface area (TPSA) is 86.9 Å². The minimum Gasteiger partial charge on any atom is -0.478 e. The number of hydrogen-bond acceptors (Lipinski definition) is 5. The van der Waals surface area contributed by atoms with Crippen molar-refractivity contribution in [3.63, 3.8) is 0 Å². The van der Waals surface area contributed by atoms with Gasteiger partial charge in [0.1, 0.15) is 5.69 Å². The number of carboxylic acids is 1. The quantitative estimate of drug-likeness (QED) is 0.637. The van der Waals surface area contributed by atoms with Crippen LogP contribution in [0.15, 0.2) is 42.5 Å². The third-order valence-electron chi connectivity index (χ3n) is 4.45. The van der Waals surface area contributed by atoms with Crippen molar-refractivity contribution in [3.05, 3.63) is 68.7 Å². The summed E-state index contributed by atoms with van der Waals surface area (Å²) < 4.78 is 0. The first-order valence-electron chi connectivity index (χ1n) is 8.17. The molecule has 0 amide bonds. The van der Waals surface area contributed by atoms with E-state index < -0.39 is 10.9 Å². The van der Waals surface area contributed by atoms with Crippen LogP contribution in [0.5, 0.6) is 0 Å². The van der Waals surface area contributed by atoms with Gasteiger partial charge in [-0.1, -0.05) is 23.7 Å². The monoisotopic (exact) mass is 375 g/mol. The minimum absolute atomic E-state index is 0.0816.